The van der Waals surface area contributed by atoms with Gasteiger partial charge in [0, 0.05) is 43.5 Å². The van der Waals surface area contributed by atoms with E-state index in [0.717, 1.165) is 5.56 Å². The first-order valence-electron chi connectivity index (χ1n) is 12.6. The first-order chi connectivity index (χ1) is 18.7. The molecule has 0 amide bonds. The maximum Gasteiger partial charge on any atom is 0.243 e. The van der Waals surface area contributed by atoms with Crippen LogP contribution in [-0.4, -0.2) is 59.4 Å². The monoisotopic (exact) mass is 553 g/mol. The van der Waals surface area contributed by atoms with Crippen LogP contribution in [0.3, 0.4) is 0 Å². The summed E-state index contributed by atoms with van der Waals surface area (Å²) in [7, 11) is 1.39. The molecule has 2 fully saturated rings. The highest BCUT2D eigenvalue weighted by atomic mass is 35.5. The van der Waals surface area contributed by atoms with Gasteiger partial charge in [0.05, 0.1) is 25.3 Å². The molecule has 0 radical (unpaired) electrons. The van der Waals surface area contributed by atoms with Gasteiger partial charge >= 0.3 is 0 Å². The number of alkyl halides is 2. The number of benzene rings is 2. The summed E-state index contributed by atoms with van der Waals surface area (Å²) in [5, 5.41) is 25.0. The Morgan fingerprint density at radius 3 is 2.51 bits per heavy atom. The molecule has 1 aromatic heterocycles. The highest BCUT2D eigenvalue weighted by molar-refractivity contribution is 6.29. The predicted octanol–water partition coefficient (Wildman–Crippen LogP) is 4.74. The third-order valence-corrected chi connectivity index (χ3v) is 8.62. The average molecular weight is 554 g/mol. The van der Waals surface area contributed by atoms with E-state index in [2.05, 4.69) is 9.83 Å². The van der Waals surface area contributed by atoms with Crippen LogP contribution in [0.2, 0.25) is 5.15 Å². The van der Waals surface area contributed by atoms with Crippen LogP contribution in [-0.2, 0) is 11.2 Å². The van der Waals surface area contributed by atoms with Crippen LogP contribution in [0.5, 0.6) is 11.6 Å². The standard InChI is InChI=1S/C29H26ClF2N3O4/c1-33-19-10-8-18(9-11-19)29-23(16-6-4-3-5-7-16)20(15-35-13-17(14-35)26(31)32)25(36)28(29,37)24-21(39-29)12-22(30)34-27(24)38-2/h3-12,17,20,23,25-26,36-37H,13-15H2,2H3/t20-,23-,25-,28+,29+/m1/s1. The van der Waals surface area contributed by atoms with Gasteiger partial charge in [-0.3, -0.25) is 0 Å². The van der Waals surface area contributed by atoms with Crippen molar-refractivity contribution in [1.29, 1.82) is 0 Å². The first-order valence-corrected chi connectivity index (χ1v) is 13.0. The van der Waals surface area contributed by atoms with Gasteiger partial charge in [-0.25, -0.2) is 18.6 Å². The van der Waals surface area contributed by atoms with Gasteiger partial charge in [0.2, 0.25) is 12.3 Å². The SMILES string of the molecule is [C-]#[N+]c1ccc([C@@]23Oc4cc(Cl)nc(OC)c4[C@]2(O)[C@H](O)[C@H](CN2CC(C(F)F)C2)[C@H]3c2ccccc2)cc1. The van der Waals surface area contributed by atoms with E-state index in [4.69, 9.17) is 27.6 Å². The number of aromatic nitrogens is 1. The molecule has 1 saturated carbocycles. The van der Waals surface area contributed by atoms with Gasteiger partial charge in [-0.2, -0.15) is 0 Å². The van der Waals surface area contributed by atoms with Gasteiger partial charge in [-0.15, -0.1) is 0 Å². The van der Waals surface area contributed by atoms with Gasteiger partial charge in [0.1, 0.15) is 10.9 Å². The van der Waals surface area contributed by atoms with Crippen molar-refractivity contribution in [2.75, 3.05) is 26.7 Å². The normalized spacial score (nSPS) is 29.8. The van der Waals surface area contributed by atoms with Crippen LogP contribution in [0.1, 0.15) is 22.6 Å². The van der Waals surface area contributed by atoms with E-state index in [0.29, 0.717) is 11.3 Å². The van der Waals surface area contributed by atoms with Crippen molar-refractivity contribution in [3.05, 3.63) is 93.9 Å². The molecule has 3 heterocycles. The summed E-state index contributed by atoms with van der Waals surface area (Å²) in [6.07, 6.45) is -3.81. The average Bonchev–Trinajstić information content (AvgIpc) is 3.28. The highest BCUT2D eigenvalue weighted by Gasteiger charge is 2.77. The minimum Gasteiger partial charge on any atom is -0.481 e. The van der Waals surface area contributed by atoms with E-state index in [-0.39, 0.29) is 42.0 Å². The summed E-state index contributed by atoms with van der Waals surface area (Å²) >= 11 is 6.28. The highest BCUT2D eigenvalue weighted by Crippen LogP contribution is 2.70. The lowest BCUT2D eigenvalue weighted by Crippen LogP contribution is -2.53. The topological polar surface area (TPSA) is 79.4 Å². The second-order valence-corrected chi connectivity index (χ2v) is 10.8. The summed E-state index contributed by atoms with van der Waals surface area (Å²) < 4.78 is 38.8. The zero-order valence-electron chi connectivity index (χ0n) is 21.0. The van der Waals surface area contributed by atoms with Crippen molar-refractivity contribution in [3.63, 3.8) is 0 Å². The molecule has 6 rings (SSSR count). The number of methoxy groups -OCH3 is 1. The van der Waals surface area contributed by atoms with Crippen LogP contribution in [0.4, 0.5) is 14.5 Å². The number of nitrogens with zero attached hydrogens (tertiary/aromatic N) is 3. The number of hydrogen-bond acceptors (Lipinski definition) is 6. The molecular weight excluding hydrogens is 528 g/mol. The number of ether oxygens (including phenoxy) is 2. The van der Waals surface area contributed by atoms with E-state index in [1.165, 1.54) is 13.2 Å². The van der Waals surface area contributed by atoms with Crippen LogP contribution in [0, 0.1) is 18.4 Å². The maximum absolute atomic E-state index is 13.3. The molecule has 202 valence electrons. The quantitative estimate of drug-likeness (QED) is 0.339. The fraction of sp³-hybridized carbons (Fsp3) is 0.379. The maximum atomic E-state index is 13.3. The minimum absolute atomic E-state index is 0.0212. The fourth-order valence-electron chi connectivity index (χ4n) is 6.75. The van der Waals surface area contributed by atoms with Crippen LogP contribution >= 0.6 is 11.6 Å². The molecule has 2 aliphatic heterocycles. The van der Waals surface area contributed by atoms with E-state index in [9.17, 15) is 19.0 Å². The van der Waals surface area contributed by atoms with Gasteiger partial charge in [0.15, 0.2) is 16.9 Å². The number of likely N-dealkylation sites (tertiary alicyclic amines) is 1. The number of halogens is 3. The lowest BCUT2D eigenvalue weighted by molar-refractivity contribution is -0.153. The molecule has 10 heteroatoms. The molecule has 1 saturated heterocycles. The molecule has 3 aromatic rings. The predicted molar refractivity (Wildman–Crippen MR) is 139 cm³/mol. The van der Waals surface area contributed by atoms with Crippen LogP contribution < -0.4 is 9.47 Å². The number of aliphatic hydroxyl groups excluding tert-OH is 1. The Balaban J connectivity index is 1.58. The Morgan fingerprint density at radius 1 is 1.21 bits per heavy atom. The van der Waals surface area contributed by atoms with Gasteiger partial charge in [-0.1, -0.05) is 66.2 Å². The van der Waals surface area contributed by atoms with Crippen molar-refractivity contribution in [2.45, 2.75) is 29.6 Å². The van der Waals surface area contributed by atoms with E-state index < -0.39 is 41.5 Å². The molecule has 3 aliphatic rings. The molecule has 1 aliphatic carbocycles. The second kappa shape index (κ2) is 9.42. The summed E-state index contributed by atoms with van der Waals surface area (Å²) in [6, 6.07) is 17.6. The third-order valence-electron chi connectivity index (χ3n) is 8.42. The largest absolute Gasteiger partial charge is 0.481 e. The molecule has 5 atom stereocenters. The molecule has 0 spiro atoms. The smallest absolute Gasteiger partial charge is 0.243 e. The molecule has 0 bridgehead atoms. The second-order valence-electron chi connectivity index (χ2n) is 10.4. The molecule has 7 nitrogen and oxygen atoms in total. The summed E-state index contributed by atoms with van der Waals surface area (Å²) in [4.78, 5) is 9.61. The van der Waals surface area contributed by atoms with Crippen molar-refractivity contribution >= 4 is 17.3 Å². The molecule has 2 N–H and O–H groups in total. The Bertz CT molecular complexity index is 1430. The number of pyridine rings is 1. The van der Waals surface area contributed by atoms with Crippen LogP contribution in [0.15, 0.2) is 60.7 Å². The van der Waals surface area contributed by atoms with Crippen molar-refractivity contribution in [1.82, 2.24) is 9.88 Å². The van der Waals surface area contributed by atoms with Gasteiger partial charge < -0.3 is 24.6 Å². The molecular formula is C29H26ClF2N3O4. The van der Waals surface area contributed by atoms with Gasteiger partial charge in [-0.05, 0) is 11.1 Å². The number of fused-ring (bicyclic) bond motifs is 3. The Hall–Kier alpha value is -3.29. The van der Waals surface area contributed by atoms with Crippen molar-refractivity contribution in [2.24, 2.45) is 11.8 Å². The van der Waals surface area contributed by atoms with Gasteiger partial charge in [0.25, 0.3) is 0 Å². The zero-order valence-corrected chi connectivity index (χ0v) is 21.7. The Morgan fingerprint density at radius 2 is 1.90 bits per heavy atom. The minimum atomic E-state index is -2.41. The summed E-state index contributed by atoms with van der Waals surface area (Å²) in [5.41, 5.74) is -1.72. The number of aliphatic hydroxyl groups is 2. The summed E-state index contributed by atoms with van der Waals surface area (Å²) in [6.45, 7) is 8.04. The fourth-order valence-corrected chi connectivity index (χ4v) is 6.93. The lowest BCUT2D eigenvalue weighted by atomic mass is 9.70. The molecule has 39 heavy (non-hydrogen) atoms. The van der Waals surface area contributed by atoms with Crippen molar-refractivity contribution < 1.29 is 28.5 Å². The van der Waals surface area contributed by atoms with E-state index >= 15 is 0 Å². The Kier molecular flexibility index (Phi) is 6.27. The van der Waals surface area contributed by atoms with Crippen LogP contribution in [0.25, 0.3) is 4.85 Å². The van der Waals surface area contributed by atoms with E-state index in [1.807, 2.05) is 35.2 Å². The zero-order chi connectivity index (χ0) is 27.5. The molecule has 0 unspecified atom stereocenters. The third kappa shape index (κ3) is 3.66. The lowest BCUT2D eigenvalue weighted by Gasteiger charge is -2.43. The number of hydrogen-bond donors (Lipinski definition) is 2. The molecule has 2 aromatic carbocycles. The number of rotatable bonds is 6. The van der Waals surface area contributed by atoms with Crippen molar-refractivity contribution in [3.8, 4) is 11.6 Å². The summed E-state index contributed by atoms with van der Waals surface area (Å²) in [5.74, 6) is -1.72. The Labute approximate surface area is 229 Å². The van der Waals surface area contributed by atoms with E-state index in [1.54, 1.807) is 24.3 Å². The first kappa shape index (κ1) is 26.0.